The molecule has 8 nitrogen and oxygen atoms in total. The van der Waals surface area contributed by atoms with Crippen LogP contribution >= 0.6 is 0 Å². The number of aliphatic hydroxyl groups excluding tert-OH is 2. The molecule has 1 aliphatic rings. The molecular weight excluding hydrogens is 290 g/mol. The molecule has 0 radical (unpaired) electrons. The van der Waals surface area contributed by atoms with Crippen LogP contribution in [0, 0.1) is 0 Å². The van der Waals surface area contributed by atoms with E-state index >= 15 is 0 Å². The fourth-order valence-corrected chi connectivity index (χ4v) is 2.46. The third-order valence-electron chi connectivity index (χ3n) is 3.68. The SMILES string of the molecule is CCCCCO[C@@H]1[C@H](O)[C@@H](CO)O[C@H]1n1ccc(N)nc1=O. The van der Waals surface area contributed by atoms with E-state index < -0.39 is 30.2 Å². The van der Waals surface area contributed by atoms with E-state index in [9.17, 15) is 15.0 Å². The lowest BCUT2D eigenvalue weighted by atomic mass is 10.1. The summed E-state index contributed by atoms with van der Waals surface area (Å²) in [6.45, 7) is 2.17. The predicted molar refractivity (Wildman–Crippen MR) is 79.2 cm³/mol. The Kier molecular flexibility index (Phi) is 5.90. The lowest BCUT2D eigenvalue weighted by molar-refractivity contribution is -0.0748. The molecule has 2 heterocycles. The molecule has 1 saturated heterocycles. The number of rotatable bonds is 7. The average molecular weight is 313 g/mol. The van der Waals surface area contributed by atoms with E-state index in [1.54, 1.807) is 0 Å². The van der Waals surface area contributed by atoms with Crippen LogP contribution < -0.4 is 11.4 Å². The molecule has 0 saturated carbocycles. The van der Waals surface area contributed by atoms with Gasteiger partial charge in [-0.3, -0.25) is 4.57 Å². The summed E-state index contributed by atoms with van der Waals surface area (Å²) in [6.07, 6.45) is 0.978. The first-order chi connectivity index (χ1) is 10.6. The van der Waals surface area contributed by atoms with E-state index in [1.165, 1.54) is 16.8 Å². The van der Waals surface area contributed by atoms with E-state index in [4.69, 9.17) is 15.2 Å². The second kappa shape index (κ2) is 7.68. The number of nitrogens with zero attached hydrogens (tertiary/aromatic N) is 2. The van der Waals surface area contributed by atoms with Gasteiger partial charge < -0.3 is 25.4 Å². The zero-order valence-corrected chi connectivity index (χ0v) is 12.6. The van der Waals surface area contributed by atoms with E-state index in [0.29, 0.717) is 6.61 Å². The smallest absolute Gasteiger partial charge is 0.351 e. The molecule has 1 aromatic heterocycles. The van der Waals surface area contributed by atoms with Crippen molar-refractivity contribution in [1.82, 2.24) is 9.55 Å². The minimum atomic E-state index is -1.01. The molecule has 0 aliphatic carbocycles. The van der Waals surface area contributed by atoms with Crippen molar-refractivity contribution in [3.63, 3.8) is 0 Å². The number of nitrogen functional groups attached to an aromatic ring is 1. The van der Waals surface area contributed by atoms with Crippen molar-refractivity contribution in [2.75, 3.05) is 18.9 Å². The van der Waals surface area contributed by atoms with Crippen molar-refractivity contribution in [3.8, 4) is 0 Å². The summed E-state index contributed by atoms with van der Waals surface area (Å²) in [5.74, 6) is 0.110. The van der Waals surface area contributed by atoms with Gasteiger partial charge in [0.05, 0.1) is 6.61 Å². The first-order valence-corrected chi connectivity index (χ1v) is 7.49. The number of nitrogens with two attached hydrogens (primary N) is 1. The zero-order chi connectivity index (χ0) is 16.1. The maximum atomic E-state index is 11.9. The Labute approximate surface area is 128 Å². The van der Waals surface area contributed by atoms with Crippen molar-refractivity contribution >= 4 is 5.82 Å². The summed E-state index contributed by atoms with van der Waals surface area (Å²) >= 11 is 0. The van der Waals surface area contributed by atoms with Gasteiger partial charge >= 0.3 is 5.69 Å². The molecule has 1 aromatic rings. The fraction of sp³-hybridized carbons (Fsp3) is 0.714. The van der Waals surface area contributed by atoms with Crippen molar-refractivity contribution in [1.29, 1.82) is 0 Å². The Morgan fingerprint density at radius 1 is 1.50 bits per heavy atom. The van der Waals surface area contributed by atoms with Crippen molar-refractivity contribution < 1.29 is 19.7 Å². The van der Waals surface area contributed by atoms with Crippen LogP contribution in [0.5, 0.6) is 0 Å². The van der Waals surface area contributed by atoms with E-state index in [1.807, 2.05) is 0 Å². The molecule has 0 bridgehead atoms. The van der Waals surface area contributed by atoms with Gasteiger partial charge in [0.15, 0.2) is 6.23 Å². The summed E-state index contributed by atoms with van der Waals surface area (Å²) in [4.78, 5) is 15.6. The molecule has 0 amide bonds. The topological polar surface area (TPSA) is 120 Å². The molecule has 22 heavy (non-hydrogen) atoms. The highest BCUT2D eigenvalue weighted by atomic mass is 16.6. The van der Waals surface area contributed by atoms with Crippen LogP contribution in [-0.4, -0.2) is 51.3 Å². The highest BCUT2D eigenvalue weighted by molar-refractivity contribution is 5.23. The number of anilines is 1. The van der Waals surface area contributed by atoms with Gasteiger partial charge in [0.1, 0.15) is 24.1 Å². The van der Waals surface area contributed by atoms with Crippen LogP contribution in [0.3, 0.4) is 0 Å². The fourth-order valence-electron chi connectivity index (χ4n) is 2.46. The third-order valence-corrected chi connectivity index (χ3v) is 3.68. The van der Waals surface area contributed by atoms with Crippen molar-refractivity contribution in [2.24, 2.45) is 0 Å². The number of hydrogen-bond acceptors (Lipinski definition) is 7. The van der Waals surface area contributed by atoms with Crippen LogP contribution in [0.4, 0.5) is 5.82 Å². The molecule has 1 fully saturated rings. The van der Waals surface area contributed by atoms with Crippen molar-refractivity contribution in [3.05, 3.63) is 22.7 Å². The van der Waals surface area contributed by atoms with Crippen LogP contribution in [0.1, 0.15) is 32.4 Å². The molecule has 124 valence electrons. The molecular formula is C14H23N3O5. The molecule has 1 aliphatic heterocycles. The molecule has 0 spiro atoms. The minimum Gasteiger partial charge on any atom is -0.394 e. The van der Waals surface area contributed by atoms with Crippen LogP contribution in [0.15, 0.2) is 17.1 Å². The maximum absolute atomic E-state index is 11.9. The van der Waals surface area contributed by atoms with E-state index in [0.717, 1.165) is 19.3 Å². The number of unbranched alkanes of at least 4 members (excludes halogenated alkanes) is 2. The van der Waals surface area contributed by atoms with Gasteiger partial charge in [0.25, 0.3) is 0 Å². The Morgan fingerprint density at radius 2 is 2.27 bits per heavy atom. The molecule has 2 rings (SSSR count). The monoisotopic (exact) mass is 313 g/mol. The number of ether oxygens (including phenoxy) is 2. The Bertz CT molecular complexity index is 535. The maximum Gasteiger partial charge on any atom is 0.351 e. The second-order valence-electron chi connectivity index (χ2n) is 5.32. The molecule has 0 unspecified atom stereocenters. The van der Waals surface area contributed by atoms with Gasteiger partial charge in [0.2, 0.25) is 0 Å². The van der Waals surface area contributed by atoms with Gasteiger partial charge in [-0.05, 0) is 12.5 Å². The highest BCUT2D eigenvalue weighted by Gasteiger charge is 2.45. The number of aliphatic hydroxyl groups is 2. The first-order valence-electron chi connectivity index (χ1n) is 7.49. The van der Waals surface area contributed by atoms with Crippen molar-refractivity contribution in [2.45, 2.75) is 50.7 Å². The largest absolute Gasteiger partial charge is 0.394 e. The number of aromatic nitrogens is 2. The Balaban J connectivity index is 2.16. The standard InChI is InChI=1S/C14H23N3O5/c1-2-3-4-7-21-12-11(19)9(8-18)22-13(12)17-6-5-10(15)16-14(17)20/h5-6,9,11-13,18-19H,2-4,7-8H2,1H3,(H2,15,16,20)/t9-,11-,12-,13-/m1/s1. The predicted octanol–water partition coefficient (Wildman–Crippen LogP) is -0.349. The van der Waals surface area contributed by atoms with E-state index in [-0.39, 0.29) is 12.4 Å². The molecule has 4 N–H and O–H groups in total. The zero-order valence-electron chi connectivity index (χ0n) is 12.6. The minimum absolute atomic E-state index is 0.110. The summed E-state index contributed by atoms with van der Waals surface area (Å²) < 4.78 is 12.5. The van der Waals surface area contributed by atoms with Gasteiger partial charge in [0, 0.05) is 12.8 Å². The number of hydrogen-bond donors (Lipinski definition) is 3. The van der Waals surface area contributed by atoms with Crippen LogP contribution in [0.2, 0.25) is 0 Å². The second-order valence-corrected chi connectivity index (χ2v) is 5.32. The summed E-state index contributed by atoms with van der Waals surface area (Å²) in [7, 11) is 0. The average Bonchev–Trinajstić information content (AvgIpc) is 2.80. The highest BCUT2D eigenvalue weighted by Crippen LogP contribution is 2.30. The quantitative estimate of drug-likeness (QED) is 0.589. The van der Waals surface area contributed by atoms with Gasteiger partial charge in [-0.1, -0.05) is 19.8 Å². The van der Waals surface area contributed by atoms with E-state index in [2.05, 4.69) is 11.9 Å². The van der Waals surface area contributed by atoms with Gasteiger partial charge in [-0.2, -0.15) is 4.98 Å². The Hall–Kier alpha value is -1.48. The lowest BCUT2D eigenvalue weighted by Gasteiger charge is -2.22. The third kappa shape index (κ3) is 3.64. The van der Waals surface area contributed by atoms with Gasteiger partial charge in [-0.25, -0.2) is 4.79 Å². The van der Waals surface area contributed by atoms with Gasteiger partial charge in [-0.15, -0.1) is 0 Å². The summed E-state index contributed by atoms with van der Waals surface area (Å²) in [6, 6.07) is 1.47. The first kappa shape index (κ1) is 16.9. The molecule has 4 atom stereocenters. The van der Waals surface area contributed by atoms with Crippen LogP contribution in [-0.2, 0) is 9.47 Å². The molecule has 8 heteroatoms. The summed E-state index contributed by atoms with van der Waals surface area (Å²) in [5.41, 5.74) is 4.88. The Morgan fingerprint density at radius 3 is 2.91 bits per heavy atom. The summed E-state index contributed by atoms with van der Waals surface area (Å²) in [5, 5.41) is 19.5. The molecule has 0 aromatic carbocycles. The normalized spacial score (nSPS) is 28.1. The van der Waals surface area contributed by atoms with Crippen LogP contribution in [0.25, 0.3) is 0 Å². The lowest BCUT2D eigenvalue weighted by Crippen LogP contribution is -2.38.